The number of carbonyl (C=O) groups is 2. The lowest BCUT2D eigenvalue weighted by Crippen LogP contribution is -2.52. The molecule has 38 heavy (non-hydrogen) atoms. The van der Waals surface area contributed by atoms with Crippen molar-refractivity contribution in [3.8, 4) is 0 Å². The second-order valence-electron chi connectivity index (χ2n) is 10.4. The number of carbonyl (C=O) groups excluding carboxylic acids is 2. The maximum atomic E-state index is 13.8. The number of amides is 2. The number of hydrogen-bond acceptors (Lipinski definition) is 4. The summed E-state index contributed by atoms with van der Waals surface area (Å²) in [4.78, 5) is 28.3. The first-order valence-electron chi connectivity index (χ1n) is 12.8. The summed E-state index contributed by atoms with van der Waals surface area (Å²) in [6, 6.07) is 11.3. The molecule has 1 atom stereocenters. The highest BCUT2D eigenvalue weighted by molar-refractivity contribution is 7.92. The Morgan fingerprint density at radius 2 is 1.58 bits per heavy atom. The molecule has 0 aromatic heterocycles. The van der Waals surface area contributed by atoms with E-state index in [0.717, 1.165) is 29.0 Å². The van der Waals surface area contributed by atoms with Crippen LogP contribution in [0, 0.1) is 0 Å². The summed E-state index contributed by atoms with van der Waals surface area (Å²) < 4.78 is 26.7. The lowest BCUT2D eigenvalue weighted by molar-refractivity contribution is -0.140. The fourth-order valence-corrected chi connectivity index (χ4v) is 5.39. The molecule has 1 N–H and O–H groups in total. The van der Waals surface area contributed by atoms with Gasteiger partial charge in [-0.1, -0.05) is 82.4 Å². The van der Waals surface area contributed by atoms with Gasteiger partial charge in [-0.2, -0.15) is 0 Å². The molecule has 0 spiro atoms. The van der Waals surface area contributed by atoms with Crippen LogP contribution in [0.1, 0.15) is 65.0 Å². The van der Waals surface area contributed by atoms with E-state index in [1.807, 2.05) is 19.1 Å². The molecule has 210 valence electrons. The molecule has 2 aromatic rings. The van der Waals surface area contributed by atoms with E-state index in [1.54, 1.807) is 37.3 Å². The molecule has 0 aliphatic heterocycles. The maximum Gasteiger partial charge on any atom is 0.244 e. The average Bonchev–Trinajstić information content (AvgIpc) is 2.83. The average molecular weight is 585 g/mol. The number of nitrogens with zero attached hydrogens (tertiary/aromatic N) is 2. The molecule has 0 bridgehead atoms. The molecule has 2 aromatic carbocycles. The Bertz CT molecular complexity index is 1190. The Morgan fingerprint density at radius 1 is 1.00 bits per heavy atom. The van der Waals surface area contributed by atoms with Gasteiger partial charge in [0.25, 0.3) is 0 Å². The zero-order valence-electron chi connectivity index (χ0n) is 23.1. The molecule has 0 saturated heterocycles. The largest absolute Gasteiger partial charge is 0.354 e. The van der Waals surface area contributed by atoms with Gasteiger partial charge in [-0.15, -0.1) is 0 Å². The first kappa shape index (κ1) is 31.9. The van der Waals surface area contributed by atoms with Gasteiger partial charge in [0.15, 0.2) is 0 Å². The molecule has 0 heterocycles. The summed E-state index contributed by atoms with van der Waals surface area (Å²) in [7, 11) is -3.82. The summed E-state index contributed by atoms with van der Waals surface area (Å²) in [5, 5.41) is 3.60. The van der Waals surface area contributed by atoms with Crippen LogP contribution in [0.15, 0.2) is 42.5 Å². The van der Waals surface area contributed by atoms with Crippen LogP contribution >= 0.6 is 23.2 Å². The van der Waals surface area contributed by atoms with E-state index in [1.165, 1.54) is 4.90 Å². The van der Waals surface area contributed by atoms with Crippen LogP contribution < -0.4 is 9.62 Å². The monoisotopic (exact) mass is 583 g/mol. The third-order valence-electron chi connectivity index (χ3n) is 6.31. The van der Waals surface area contributed by atoms with Crippen molar-refractivity contribution in [1.29, 1.82) is 0 Å². The van der Waals surface area contributed by atoms with Gasteiger partial charge in [-0.05, 0) is 48.1 Å². The number of nitrogens with one attached hydrogen (secondary N) is 1. The van der Waals surface area contributed by atoms with E-state index in [4.69, 9.17) is 23.2 Å². The molecule has 0 aliphatic carbocycles. The van der Waals surface area contributed by atoms with Gasteiger partial charge in [-0.3, -0.25) is 13.9 Å². The summed E-state index contributed by atoms with van der Waals surface area (Å²) >= 11 is 12.8. The number of benzene rings is 2. The zero-order valence-corrected chi connectivity index (χ0v) is 25.4. The van der Waals surface area contributed by atoms with Crippen LogP contribution in [-0.4, -0.2) is 50.5 Å². The smallest absolute Gasteiger partial charge is 0.244 e. The van der Waals surface area contributed by atoms with E-state index in [2.05, 4.69) is 26.1 Å². The number of rotatable bonds is 12. The Morgan fingerprint density at radius 3 is 2.05 bits per heavy atom. The van der Waals surface area contributed by atoms with E-state index in [-0.39, 0.29) is 17.9 Å². The molecule has 2 amide bonds. The Hall–Kier alpha value is -2.29. The molecule has 0 aliphatic rings. The first-order valence-corrected chi connectivity index (χ1v) is 15.4. The third kappa shape index (κ3) is 8.61. The molecular weight excluding hydrogens is 545 g/mol. The van der Waals surface area contributed by atoms with Gasteiger partial charge in [0.1, 0.15) is 12.6 Å². The molecule has 1 unspecified atom stereocenters. The maximum absolute atomic E-state index is 13.8. The van der Waals surface area contributed by atoms with Gasteiger partial charge in [0.05, 0.1) is 11.9 Å². The number of unbranched alkanes of at least 4 members (excludes halogenated alkanes) is 1. The minimum Gasteiger partial charge on any atom is -0.354 e. The normalized spacial score (nSPS) is 12.6. The second kappa shape index (κ2) is 13.7. The standard InChI is InChI=1S/C28H39Cl2N3O4S/c1-7-9-17-31-27(35)25(8-2)32(18-22-23(29)11-10-12-24(22)30)26(34)19-33(38(6,36)37)21-15-13-20(14-16-21)28(3,4)5/h10-16,25H,7-9,17-19H2,1-6H3,(H,31,35). The van der Waals surface area contributed by atoms with E-state index in [9.17, 15) is 18.0 Å². The zero-order chi connectivity index (χ0) is 28.7. The predicted octanol–water partition coefficient (Wildman–Crippen LogP) is 5.78. The van der Waals surface area contributed by atoms with Gasteiger partial charge in [-0.25, -0.2) is 8.42 Å². The summed E-state index contributed by atoms with van der Waals surface area (Å²) in [5.41, 5.74) is 1.77. The van der Waals surface area contributed by atoms with Crippen molar-refractivity contribution in [2.45, 2.75) is 71.9 Å². The molecule has 0 saturated carbocycles. The van der Waals surface area contributed by atoms with Gasteiger partial charge < -0.3 is 10.2 Å². The number of hydrogen-bond donors (Lipinski definition) is 1. The Labute approximate surface area is 237 Å². The van der Waals surface area contributed by atoms with Crippen molar-refractivity contribution in [2.75, 3.05) is 23.7 Å². The highest BCUT2D eigenvalue weighted by Gasteiger charge is 2.32. The van der Waals surface area contributed by atoms with Crippen LogP contribution in [0.2, 0.25) is 10.0 Å². The van der Waals surface area contributed by atoms with Crippen molar-refractivity contribution in [3.63, 3.8) is 0 Å². The quantitative estimate of drug-likeness (QED) is 0.321. The lowest BCUT2D eigenvalue weighted by Gasteiger charge is -2.33. The van der Waals surface area contributed by atoms with Gasteiger partial charge in [0.2, 0.25) is 21.8 Å². The highest BCUT2D eigenvalue weighted by atomic mass is 35.5. The van der Waals surface area contributed by atoms with Crippen molar-refractivity contribution in [3.05, 3.63) is 63.6 Å². The fraction of sp³-hybridized carbons (Fsp3) is 0.500. The van der Waals surface area contributed by atoms with Crippen LogP contribution in [-0.2, 0) is 31.6 Å². The predicted molar refractivity (Wildman–Crippen MR) is 156 cm³/mol. The Balaban J connectivity index is 2.47. The minimum atomic E-state index is -3.82. The molecule has 0 fully saturated rings. The lowest BCUT2D eigenvalue weighted by atomic mass is 9.87. The van der Waals surface area contributed by atoms with Crippen LogP contribution in [0.5, 0.6) is 0 Å². The summed E-state index contributed by atoms with van der Waals surface area (Å²) in [5.74, 6) is -0.846. The molecular formula is C28H39Cl2N3O4S. The van der Waals surface area contributed by atoms with Crippen LogP contribution in [0.4, 0.5) is 5.69 Å². The highest BCUT2D eigenvalue weighted by Crippen LogP contribution is 2.29. The molecule has 7 nitrogen and oxygen atoms in total. The van der Waals surface area contributed by atoms with Crippen molar-refractivity contribution < 1.29 is 18.0 Å². The summed E-state index contributed by atoms with van der Waals surface area (Å²) in [6.07, 6.45) is 3.10. The van der Waals surface area contributed by atoms with Crippen molar-refractivity contribution in [1.82, 2.24) is 10.2 Å². The SMILES string of the molecule is CCCCNC(=O)C(CC)N(Cc1c(Cl)cccc1Cl)C(=O)CN(c1ccc(C(C)(C)C)cc1)S(C)(=O)=O. The van der Waals surface area contributed by atoms with Crippen LogP contribution in [0.3, 0.4) is 0 Å². The van der Waals surface area contributed by atoms with Crippen molar-refractivity contribution in [2.24, 2.45) is 0 Å². The fourth-order valence-electron chi connectivity index (χ4n) is 4.02. The topological polar surface area (TPSA) is 86.8 Å². The van der Waals surface area contributed by atoms with E-state index < -0.39 is 28.5 Å². The molecule has 10 heteroatoms. The number of halogens is 2. The van der Waals surface area contributed by atoms with Crippen molar-refractivity contribution >= 4 is 50.7 Å². The number of sulfonamides is 1. The van der Waals surface area contributed by atoms with Gasteiger partial charge >= 0.3 is 0 Å². The van der Waals surface area contributed by atoms with Crippen LogP contribution in [0.25, 0.3) is 0 Å². The summed E-state index contributed by atoms with van der Waals surface area (Å²) in [6.45, 7) is 9.98. The number of anilines is 1. The third-order valence-corrected chi connectivity index (χ3v) is 8.15. The second-order valence-corrected chi connectivity index (χ2v) is 13.1. The van der Waals surface area contributed by atoms with Gasteiger partial charge in [0, 0.05) is 28.7 Å². The Kier molecular flexibility index (Phi) is 11.5. The molecule has 2 rings (SSSR count). The van der Waals surface area contributed by atoms with E-state index >= 15 is 0 Å². The first-order chi connectivity index (χ1) is 17.7. The minimum absolute atomic E-state index is 0.0440. The molecule has 0 radical (unpaired) electrons. The van der Waals surface area contributed by atoms with E-state index in [0.29, 0.717) is 34.3 Å².